The van der Waals surface area contributed by atoms with Crippen LogP contribution < -0.4 is 38.1 Å². The second-order valence-corrected chi connectivity index (χ2v) is 15.2. The van der Waals surface area contributed by atoms with Gasteiger partial charge >= 0.3 is 5.97 Å². The number of rotatable bonds is 31. The van der Waals surface area contributed by atoms with Crippen LogP contribution in [0.3, 0.4) is 0 Å². The SMILES string of the molecule is CCC(C)[C@H](NC(=O)CCCCCCCCCCCNC(=O)[C@H](CC(N)=O)NC(=O)[C@H](Cc1ccccc1)NC(=O)CCC(=O)O)C(=O)N[C@@H](Cc1ccccc1)C(N)=O. The standard InChI is InChI=1S/C44H65N7O9/c1-3-30(2)40(44(60)49-33(41(46)57)27-31-19-13-11-14-20-31)51-37(53)23-17-9-7-5-4-6-8-10-18-26-47-42(58)35(29-36(45)52)50-43(59)34(28-32-21-15-12-16-22-32)48-38(54)24-25-39(55)56/h11-16,19-22,30,33-35,40H,3-10,17-18,23-29H2,1-2H3,(H2,45,52)(H2,46,57)(H,47,58)(H,48,54)(H,49,60)(H,50,59)(H,51,53)(H,55,56)/t30?,33-,34-,35-,40-/m0/s1. The van der Waals surface area contributed by atoms with Gasteiger partial charge in [-0.15, -0.1) is 0 Å². The molecule has 2 aromatic carbocycles. The van der Waals surface area contributed by atoms with E-state index in [1.807, 2.05) is 44.2 Å². The van der Waals surface area contributed by atoms with Crippen LogP contribution in [0, 0.1) is 5.92 Å². The largest absolute Gasteiger partial charge is 0.481 e. The third-order valence-corrected chi connectivity index (χ3v) is 10.2. The van der Waals surface area contributed by atoms with Gasteiger partial charge in [-0.25, -0.2) is 0 Å². The van der Waals surface area contributed by atoms with Gasteiger partial charge in [-0.2, -0.15) is 0 Å². The third-order valence-electron chi connectivity index (χ3n) is 10.2. The molecule has 330 valence electrons. The Morgan fingerprint density at radius 1 is 0.567 bits per heavy atom. The molecular weight excluding hydrogens is 771 g/mol. The van der Waals surface area contributed by atoms with E-state index in [9.17, 15) is 38.4 Å². The van der Waals surface area contributed by atoms with Crippen LogP contribution in [0.15, 0.2) is 60.7 Å². The zero-order chi connectivity index (χ0) is 44.3. The summed E-state index contributed by atoms with van der Waals surface area (Å²) in [6.07, 6.45) is 8.11. The fourth-order valence-corrected chi connectivity index (χ4v) is 6.49. The first-order chi connectivity index (χ1) is 28.7. The molecule has 0 aromatic heterocycles. The van der Waals surface area contributed by atoms with E-state index >= 15 is 0 Å². The molecule has 0 radical (unpaired) electrons. The van der Waals surface area contributed by atoms with Gasteiger partial charge in [0.1, 0.15) is 24.2 Å². The highest BCUT2D eigenvalue weighted by atomic mass is 16.4. The average Bonchev–Trinajstić information content (AvgIpc) is 3.21. The summed E-state index contributed by atoms with van der Waals surface area (Å²) >= 11 is 0. The van der Waals surface area contributed by atoms with Gasteiger partial charge in [0.2, 0.25) is 41.4 Å². The second-order valence-electron chi connectivity index (χ2n) is 15.2. The number of nitrogens with two attached hydrogens (primary N) is 2. The highest BCUT2D eigenvalue weighted by molar-refractivity contribution is 5.95. The van der Waals surface area contributed by atoms with Crippen molar-refractivity contribution in [2.24, 2.45) is 17.4 Å². The molecule has 1 unspecified atom stereocenters. The summed E-state index contributed by atoms with van der Waals surface area (Å²) < 4.78 is 0. The van der Waals surface area contributed by atoms with Crippen molar-refractivity contribution in [2.75, 3.05) is 6.54 Å². The molecule has 5 atom stereocenters. The summed E-state index contributed by atoms with van der Waals surface area (Å²) in [4.78, 5) is 99.5. The van der Waals surface area contributed by atoms with Gasteiger partial charge in [0, 0.05) is 32.2 Å². The van der Waals surface area contributed by atoms with Crippen molar-refractivity contribution >= 4 is 47.3 Å². The van der Waals surface area contributed by atoms with Gasteiger partial charge < -0.3 is 43.2 Å². The Bertz CT molecular complexity index is 1680. The Labute approximate surface area is 353 Å². The predicted molar refractivity (Wildman–Crippen MR) is 227 cm³/mol. The molecule has 0 bridgehead atoms. The Balaban J connectivity index is 1.69. The van der Waals surface area contributed by atoms with E-state index in [4.69, 9.17) is 16.6 Å². The first kappa shape index (κ1) is 50.3. The molecule has 7 amide bonds. The lowest BCUT2D eigenvalue weighted by Crippen LogP contribution is -2.55. The number of amides is 7. The maximum Gasteiger partial charge on any atom is 0.303 e. The lowest BCUT2D eigenvalue weighted by atomic mass is 9.97. The minimum Gasteiger partial charge on any atom is -0.481 e. The molecule has 0 aliphatic heterocycles. The van der Waals surface area contributed by atoms with Crippen molar-refractivity contribution in [3.8, 4) is 0 Å². The van der Waals surface area contributed by atoms with Crippen LogP contribution in [-0.2, 0) is 51.2 Å². The van der Waals surface area contributed by atoms with E-state index in [2.05, 4.69) is 26.6 Å². The van der Waals surface area contributed by atoms with Crippen LogP contribution in [0.1, 0.15) is 115 Å². The van der Waals surface area contributed by atoms with Crippen molar-refractivity contribution in [1.82, 2.24) is 26.6 Å². The molecule has 0 aliphatic carbocycles. The number of benzene rings is 2. The molecule has 10 N–H and O–H groups in total. The molecular formula is C44H65N7O9. The zero-order valence-corrected chi connectivity index (χ0v) is 35.0. The topological polar surface area (TPSA) is 269 Å². The van der Waals surface area contributed by atoms with E-state index < -0.39 is 78.4 Å². The maximum atomic E-state index is 13.3. The Morgan fingerprint density at radius 2 is 1.07 bits per heavy atom. The number of hydrogen-bond donors (Lipinski definition) is 8. The van der Waals surface area contributed by atoms with Crippen LogP contribution in [0.5, 0.6) is 0 Å². The minimum atomic E-state index is -1.26. The molecule has 0 saturated heterocycles. The van der Waals surface area contributed by atoms with E-state index in [-0.39, 0.29) is 31.1 Å². The van der Waals surface area contributed by atoms with Crippen molar-refractivity contribution in [1.29, 1.82) is 0 Å². The lowest BCUT2D eigenvalue weighted by Gasteiger charge is -2.26. The van der Waals surface area contributed by atoms with Crippen molar-refractivity contribution in [2.45, 2.75) is 141 Å². The number of carbonyl (C=O) groups is 8. The minimum absolute atomic E-state index is 0.0757. The summed E-state index contributed by atoms with van der Waals surface area (Å²) in [5.41, 5.74) is 12.5. The van der Waals surface area contributed by atoms with Crippen molar-refractivity contribution in [3.05, 3.63) is 71.8 Å². The summed E-state index contributed by atoms with van der Waals surface area (Å²) in [6, 6.07) is 14.0. The van der Waals surface area contributed by atoms with Gasteiger partial charge in [0.05, 0.1) is 12.8 Å². The number of aliphatic carboxylic acids is 1. The maximum absolute atomic E-state index is 13.3. The first-order valence-corrected chi connectivity index (χ1v) is 21.0. The summed E-state index contributed by atoms with van der Waals surface area (Å²) in [5.74, 6) is -5.32. The van der Waals surface area contributed by atoms with Crippen LogP contribution in [0.4, 0.5) is 0 Å². The van der Waals surface area contributed by atoms with Gasteiger partial charge in [0.15, 0.2) is 0 Å². The second kappa shape index (κ2) is 28.6. The van der Waals surface area contributed by atoms with Gasteiger partial charge in [-0.3, -0.25) is 38.4 Å². The van der Waals surface area contributed by atoms with Crippen LogP contribution >= 0.6 is 0 Å². The van der Waals surface area contributed by atoms with E-state index in [1.54, 1.807) is 30.3 Å². The smallest absolute Gasteiger partial charge is 0.303 e. The number of nitrogens with one attached hydrogen (secondary N) is 5. The number of carbonyl (C=O) groups excluding carboxylic acids is 7. The van der Waals surface area contributed by atoms with E-state index in [1.165, 1.54) is 0 Å². The highest BCUT2D eigenvalue weighted by Gasteiger charge is 2.30. The fraction of sp³-hybridized carbons (Fsp3) is 0.545. The molecule has 2 rings (SSSR count). The number of carboxylic acids is 1. The van der Waals surface area contributed by atoms with E-state index in [0.717, 1.165) is 56.1 Å². The van der Waals surface area contributed by atoms with Gasteiger partial charge in [0.25, 0.3) is 0 Å². The predicted octanol–water partition coefficient (Wildman–Crippen LogP) is 2.70. The Kier molecular flexibility index (Phi) is 24.0. The van der Waals surface area contributed by atoms with Crippen LogP contribution in [0.25, 0.3) is 0 Å². The lowest BCUT2D eigenvalue weighted by molar-refractivity contribution is -0.139. The van der Waals surface area contributed by atoms with E-state index in [0.29, 0.717) is 32.2 Å². The molecule has 16 heteroatoms. The van der Waals surface area contributed by atoms with Crippen LogP contribution in [-0.4, -0.2) is 83.1 Å². The van der Waals surface area contributed by atoms with Crippen molar-refractivity contribution < 1.29 is 43.5 Å². The Morgan fingerprint density at radius 3 is 1.58 bits per heavy atom. The number of carboxylic acid groups (broad SMARTS) is 1. The van der Waals surface area contributed by atoms with Gasteiger partial charge in [-0.05, 0) is 29.9 Å². The number of primary amides is 2. The quantitative estimate of drug-likeness (QED) is 0.0518. The number of unbranched alkanes of at least 4 members (excludes halogenated alkanes) is 8. The molecule has 2 aromatic rings. The normalized spacial score (nSPS) is 13.4. The summed E-state index contributed by atoms with van der Waals surface area (Å²) in [5, 5.41) is 22.4. The molecule has 0 heterocycles. The first-order valence-electron chi connectivity index (χ1n) is 21.0. The molecule has 16 nitrogen and oxygen atoms in total. The molecule has 0 saturated carbocycles. The van der Waals surface area contributed by atoms with Crippen LogP contribution in [0.2, 0.25) is 0 Å². The molecule has 0 aliphatic rings. The fourth-order valence-electron chi connectivity index (χ4n) is 6.49. The average molecular weight is 836 g/mol. The summed E-state index contributed by atoms with van der Waals surface area (Å²) in [6.45, 7) is 4.14. The monoisotopic (exact) mass is 835 g/mol. The number of hydrogen-bond acceptors (Lipinski definition) is 8. The molecule has 0 spiro atoms. The highest BCUT2D eigenvalue weighted by Crippen LogP contribution is 2.13. The summed E-state index contributed by atoms with van der Waals surface area (Å²) in [7, 11) is 0. The Hall–Kier alpha value is -5.80. The molecule has 0 fully saturated rings. The van der Waals surface area contributed by atoms with Gasteiger partial charge in [-0.1, -0.05) is 126 Å². The molecule has 60 heavy (non-hydrogen) atoms. The zero-order valence-electron chi connectivity index (χ0n) is 35.0. The third kappa shape index (κ3) is 21.3. The van der Waals surface area contributed by atoms with Crippen molar-refractivity contribution in [3.63, 3.8) is 0 Å².